The molecule has 0 saturated carbocycles. The van der Waals surface area contributed by atoms with Crippen LogP contribution in [0.15, 0.2) is 18.2 Å². The van der Waals surface area contributed by atoms with Gasteiger partial charge in [0.05, 0.1) is 11.3 Å². The lowest BCUT2D eigenvalue weighted by Crippen LogP contribution is -2.41. The highest BCUT2D eigenvalue weighted by Gasteiger charge is 2.20. The predicted octanol–water partition coefficient (Wildman–Crippen LogP) is 1.82. The molecule has 0 aliphatic heterocycles. The van der Waals surface area contributed by atoms with Crippen LogP contribution in [-0.4, -0.2) is 27.9 Å². The van der Waals surface area contributed by atoms with Crippen LogP contribution in [0.1, 0.15) is 30.9 Å². The normalized spacial score (nSPS) is 11.7. The van der Waals surface area contributed by atoms with Gasteiger partial charge in [0.1, 0.15) is 6.04 Å². The molecule has 1 aromatic rings. The summed E-state index contributed by atoms with van der Waals surface area (Å²) in [5.41, 5.74) is 0.881. The fraction of sp³-hybridized carbons (Fsp3) is 0.429. The second-order valence-electron chi connectivity index (χ2n) is 4.74. The molecule has 0 aliphatic rings. The lowest BCUT2D eigenvalue weighted by atomic mass is 10.0. The quantitative estimate of drug-likeness (QED) is 0.588. The van der Waals surface area contributed by atoms with E-state index in [-0.39, 0.29) is 12.1 Å². The first-order valence-electron chi connectivity index (χ1n) is 6.61. The van der Waals surface area contributed by atoms with E-state index in [0.717, 1.165) is 0 Å². The third kappa shape index (κ3) is 4.55. The number of nitrogens with zero attached hydrogens (tertiary/aromatic N) is 1. The molecule has 21 heavy (non-hydrogen) atoms. The van der Waals surface area contributed by atoms with E-state index in [2.05, 4.69) is 5.32 Å². The van der Waals surface area contributed by atoms with E-state index < -0.39 is 22.8 Å². The second kappa shape index (κ2) is 7.37. The van der Waals surface area contributed by atoms with E-state index in [1.165, 1.54) is 12.1 Å². The van der Waals surface area contributed by atoms with E-state index in [1.54, 1.807) is 13.0 Å². The monoisotopic (exact) mass is 294 g/mol. The zero-order chi connectivity index (χ0) is 16.0. The van der Waals surface area contributed by atoms with Gasteiger partial charge in [-0.15, -0.1) is 0 Å². The molecule has 0 aromatic heterocycles. The van der Waals surface area contributed by atoms with Gasteiger partial charge in [0.2, 0.25) is 5.91 Å². The van der Waals surface area contributed by atoms with Gasteiger partial charge in [-0.1, -0.05) is 25.5 Å². The summed E-state index contributed by atoms with van der Waals surface area (Å²) in [5, 5.41) is 22.3. The van der Waals surface area contributed by atoms with Crippen molar-refractivity contribution in [1.29, 1.82) is 0 Å². The van der Waals surface area contributed by atoms with Crippen LogP contribution in [-0.2, 0) is 16.0 Å². The number of hydrogen-bond acceptors (Lipinski definition) is 4. The van der Waals surface area contributed by atoms with Crippen molar-refractivity contribution in [2.75, 3.05) is 0 Å². The minimum Gasteiger partial charge on any atom is -0.480 e. The van der Waals surface area contributed by atoms with Gasteiger partial charge in [0, 0.05) is 11.6 Å². The number of benzene rings is 1. The number of nitrogens with one attached hydrogen (secondary N) is 1. The summed E-state index contributed by atoms with van der Waals surface area (Å²) in [6.07, 6.45) is 0.892. The molecule has 1 atom stereocenters. The standard InChI is InChI=1S/C14H18N2O5/c1-3-5-11(14(18)19)15-13(17)8-10-6-4-7-12(9(10)2)16(20)21/h4,6-7,11H,3,5,8H2,1-2H3,(H,15,17)(H,18,19). The zero-order valence-corrected chi connectivity index (χ0v) is 12.0. The van der Waals surface area contributed by atoms with E-state index in [1.807, 2.05) is 6.92 Å². The number of nitro groups is 1. The molecular weight excluding hydrogens is 276 g/mol. The summed E-state index contributed by atoms with van der Waals surface area (Å²) in [6.45, 7) is 3.40. The SMILES string of the molecule is CCCC(NC(=O)Cc1cccc([N+](=O)[O-])c1C)C(=O)O. The first-order chi connectivity index (χ1) is 9.86. The van der Waals surface area contributed by atoms with Crippen LogP contribution < -0.4 is 5.32 Å². The van der Waals surface area contributed by atoms with Gasteiger partial charge in [-0.2, -0.15) is 0 Å². The highest BCUT2D eigenvalue weighted by atomic mass is 16.6. The Balaban J connectivity index is 2.82. The number of rotatable bonds is 7. The lowest BCUT2D eigenvalue weighted by Gasteiger charge is -2.14. The summed E-state index contributed by atoms with van der Waals surface area (Å²) < 4.78 is 0. The van der Waals surface area contributed by atoms with Crippen molar-refractivity contribution < 1.29 is 19.6 Å². The van der Waals surface area contributed by atoms with Gasteiger partial charge in [0.25, 0.3) is 5.69 Å². The fourth-order valence-corrected chi connectivity index (χ4v) is 2.02. The lowest BCUT2D eigenvalue weighted by molar-refractivity contribution is -0.385. The van der Waals surface area contributed by atoms with Gasteiger partial charge >= 0.3 is 5.97 Å². The smallest absolute Gasteiger partial charge is 0.326 e. The summed E-state index contributed by atoms with van der Waals surface area (Å²) in [6, 6.07) is 3.57. The molecule has 0 bridgehead atoms. The number of aliphatic carboxylic acids is 1. The Bertz CT molecular complexity index is 556. The molecule has 1 unspecified atom stereocenters. The number of nitro benzene ring substituents is 1. The number of hydrogen-bond donors (Lipinski definition) is 2. The minimum atomic E-state index is -1.08. The Kier molecular flexibility index (Phi) is 5.83. The van der Waals surface area contributed by atoms with Crippen molar-refractivity contribution in [2.45, 2.75) is 39.2 Å². The molecule has 0 spiro atoms. The van der Waals surface area contributed by atoms with Crippen molar-refractivity contribution >= 4 is 17.6 Å². The average molecular weight is 294 g/mol. The molecule has 0 radical (unpaired) electrons. The molecule has 7 heteroatoms. The molecule has 0 fully saturated rings. The highest BCUT2D eigenvalue weighted by Crippen LogP contribution is 2.21. The minimum absolute atomic E-state index is 0.0522. The van der Waals surface area contributed by atoms with Crippen LogP contribution in [0.5, 0.6) is 0 Å². The van der Waals surface area contributed by atoms with Crippen molar-refractivity contribution in [3.05, 3.63) is 39.4 Å². The first-order valence-corrected chi connectivity index (χ1v) is 6.61. The predicted molar refractivity (Wildman–Crippen MR) is 76.0 cm³/mol. The molecule has 0 heterocycles. The molecule has 114 valence electrons. The maximum Gasteiger partial charge on any atom is 0.326 e. The number of carboxylic acid groups (broad SMARTS) is 1. The van der Waals surface area contributed by atoms with Crippen LogP contribution in [0.2, 0.25) is 0 Å². The van der Waals surface area contributed by atoms with Gasteiger partial charge in [-0.05, 0) is 18.9 Å². The van der Waals surface area contributed by atoms with Crippen molar-refractivity contribution in [3.8, 4) is 0 Å². The van der Waals surface area contributed by atoms with E-state index in [9.17, 15) is 19.7 Å². The summed E-state index contributed by atoms with van der Waals surface area (Å²) >= 11 is 0. The van der Waals surface area contributed by atoms with Crippen molar-refractivity contribution in [3.63, 3.8) is 0 Å². The van der Waals surface area contributed by atoms with Crippen molar-refractivity contribution in [2.24, 2.45) is 0 Å². The molecule has 7 nitrogen and oxygen atoms in total. The Morgan fingerprint density at radius 2 is 2.10 bits per heavy atom. The topological polar surface area (TPSA) is 110 Å². The van der Waals surface area contributed by atoms with E-state index in [4.69, 9.17) is 5.11 Å². The largest absolute Gasteiger partial charge is 0.480 e. The van der Waals surface area contributed by atoms with E-state index >= 15 is 0 Å². The zero-order valence-electron chi connectivity index (χ0n) is 12.0. The Morgan fingerprint density at radius 3 is 2.62 bits per heavy atom. The molecule has 1 amide bonds. The fourth-order valence-electron chi connectivity index (χ4n) is 2.02. The van der Waals surface area contributed by atoms with Crippen LogP contribution in [0.4, 0.5) is 5.69 Å². The number of carboxylic acids is 1. The van der Waals surface area contributed by atoms with Crippen LogP contribution in [0.3, 0.4) is 0 Å². The molecule has 2 N–H and O–H groups in total. The molecule has 1 rings (SSSR count). The van der Waals surface area contributed by atoms with Gasteiger partial charge in [0.15, 0.2) is 0 Å². The Hall–Kier alpha value is -2.44. The van der Waals surface area contributed by atoms with Gasteiger partial charge in [-0.25, -0.2) is 4.79 Å². The van der Waals surface area contributed by atoms with Crippen LogP contribution >= 0.6 is 0 Å². The first kappa shape index (κ1) is 16.6. The van der Waals surface area contributed by atoms with Crippen LogP contribution in [0.25, 0.3) is 0 Å². The summed E-state index contributed by atoms with van der Waals surface area (Å²) in [5.74, 6) is -1.54. The second-order valence-corrected chi connectivity index (χ2v) is 4.74. The number of carbonyl (C=O) groups excluding carboxylic acids is 1. The summed E-state index contributed by atoms with van der Waals surface area (Å²) in [4.78, 5) is 33.2. The molecule has 0 saturated heterocycles. The number of carbonyl (C=O) groups is 2. The average Bonchev–Trinajstić information content (AvgIpc) is 2.40. The summed E-state index contributed by atoms with van der Waals surface area (Å²) in [7, 11) is 0. The molecule has 1 aromatic carbocycles. The maximum absolute atomic E-state index is 11.9. The van der Waals surface area contributed by atoms with Gasteiger partial charge in [-0.3, -0.25) is 14.9 Å². The number of amides is 1. The Morgan fingerprint density at radius 1 is 1.43 bits per heavy atom. The van der Waals surface area contributed by atoms with E-state index in [0.29, 0.717) is 24.0 Å². The van der Waals surface area contributed by atoms with Gasteiger partial charge < -0.3 is 10.4 Å². The highest BCUT2D eigenvalue weighted by molar-refractivity contribution is 5.85. The third-order valence-electron chi connectivity index (χ3n) is 3.18. The Labute approximate surface area is 122 Å². The molecule has 0 aliphatic carbocycles. The maximum atomic E-state index is 11.9. The third-order valence-corrected chi connectivity index (χ3v) is 3.18. The van der Waals surface area contributed by atoms with Crippen molar-refractivity contribution in [1.82, 2.24) is 5.32 Å². The molecular formula is C14H18N2O5. The van der Waals surface area contributed by atoms with Crippen LogP contribution in [0, 0.1) is 17.0 Å².